The summed E-state index contributed by atoms with van der Waals surface area (Å²) in [5.74, 6) is 1.63. The van der Waals surface area contributed by atoms with E-state index in [1.165, 1.54) is 0 Å². The van der Waals surface area contributed by atoms with Gasteiger partial charge in [0.2, 0.25) is 0 Å². The molecule has 33 heavy (non-hydrogen) atoms. The normalized spacial score (nSPS) is 16.2. The number of rotatable bonds is 5. The summed E-state index contributed by atoms with van der Waals surface area (Å²) in [6.45, 7) is 9.35. The lowest BCUT2D eigenvalue weighted by Gasteiger charge is -2.19. The molecule has 170 valence electrons. The summed E-state index contributed by atoms with van der Waals surface area (Å²) in [6, 6.07) is 14.4. The second kappa shape index (κ2) is 8.39. The number of pyridine rings is 1. The Kier molecular flexibility index (Phi) is 5.40. The van der Waals surface area contributed by atoms with Crippen molar-refractivity contribution in [3.63, 3.8) is 0 Å². The zero-order valence-electron chi connectivity index (χ0n) is 19.5. The first-order valence-electron chi connectivity index (χ1n) is 11.5. The maximum Gasteiger partial charge on any atom is 0.254 e. The molecule has 1 aliphatic heterocycles. The third-order valence-electron chi connectivity index (χ3n) is 6.22. The van der Waals surface area contributed by atoms with Crippen molar-refractivity contribution < 1.29 is 9.21 Å². The van der Waals surface area contributed by atoms with E-state index < -0.39 is 0 Å². The smallest absolute Gasteiger partial charge is 0.254 e. The number of para-hydroxylation sites is 1. The molecular weight excluding hydrogens is 414 g/mol. The SMILES string of the molecule is Cc1cc(-c2cc(C(=O)N3CCC(Nc4ccccc4)C3)c3cnn(C(C)C)c3n2)c(C)o1. The number of hydrogen-bond acceptors (Lipinski definition) is 5. The van der Waals surface area contributed by atoms with Gasteiger partial charge >= 0.3 is 0 Å². The lowest BCUT2D eigenvalue weighted by atomic mass is 10.1. The third-order valence-corrected chi connectivity index (χ3v) is 6.22. The molecule has 1 aliphatic rings. The fourth-order valence-corrected chi connectivity index (χ4v) is 4.60. The van der Waals surface area contributed by atoms with E-state index in [2.05, 4.69) is 36.4 Å². The Morgan fingerprint density at radius 1 is 1.18 bits per heavy atom. The zero-order chi connectivity index (χ0) is 23.1. The highest BCUT2D eigenvalue weighted by molar-refractivity contribution is 6.06. The number of anilines is 1. The highest BCUT2D eigenvalue weighted by Gasteiger charge is 2.29. The Morgan fingerprint density at radius 2 is 1.97 bits per heavy atom. The van der Waals surface area contributed by atoms with Crippen LogP contribution in [0.3, 0.4) is 0 Å². The fourth-order valence-electron chi connectivity index (χ4n) is 4.60. The Balaban J connectivity index is 1.50. The number of aryl methyl sites for hydroxylation is 2. The van der Waals surface area contributed by atoms with Crippen LogP contribution in [0.4, 0.5) is 5.69 Å². The van der Waals surface area contributed by atoms with E-state index in [1.54, 1.807) is 6.20 Å². The number of nitrogens with one attached hydrogen (secondary N) is 1. The number of fused-ring (bicyclic) bond motifs is 1. The minimum Gasteiger partial charge on any atom is -0.466 e. The van der Waals surface area contributed by atoms with Gasteiger partial charge in [0.05, 0.1) is 22.8 Å². The molecule has 0 saturated carbocycles. The highest BCUT2D eigenvalue weighted by Crippen LogP contribution is 2.31. The molecule has 0 aliphatic carbocycles. The van der Waals surface area contributed by atoms with Gasteiger partial charge in [0.25, 0.3) is 5.91 Å². The number of benzene rings is 1. The lowest BCUT2D eigenvalue weighted by molar-refractivity contribution is 0.0793. The molecule has 4 aromatic rings. The Hall–Kier alpha value is -3.61. The van der Waals surface area contributed by atoms with Crippen molar-refractivity contribution >= 4 is 22.6 Å². The summed E-state index contributed by atoms with van der Waals surface area (Å²) in [4.78, 5) is 20.6. The van der Waals surface area contributed by atoms with Gasteiger partial charge in [0.1, 0.15) is 11.5 Å². The van der Waals surface area contributed by atoms with E-state index in [0.717, 1.165) is 45.9 Å². The fraction of sp³-hybridized carbons (Fsp3) is 0.346. The van der Waals surface area contributed by atoms with Crippen LogP contribution < -0.4 is 5.32 Å². The number of carbonyl (C=O) groups is 1. The molecule has 1 fully saturated rings. The van der Waals surface area contributed by atoms with Gasteiger partial charge in [-0.3, -0.25) is 4.79 Å². The maximum absolute atomic E-state index is 13.7. The van der Waals surface area contributed by atoms with E-state index in [1.807, 2.05) is 53.8 Å². The molecule has 0 spiro atoms. The van der Waals surface area contributed by atoms with Gasteiger partial charge < -0.3 is 14.6 Å². The minimum absolute atomic E-state index is 0.0159. The molecule has 5 rings (SSSR count). The molecular formula is C26H29N5O2. The molecule has 1 unspecified atom stereocenters. The average molecular weight is 444 g/mol. The van der Waals surface area contributed by atoms with Gasteiger partial charge in [-0.15, -0.1) is 0 Å². The minimum atomic E-state index is 0.0159. The first-order chi connectivity index (χ1) is 15.9. The Morgan fingerprint density at radius 3 is 2.67 bits per heavy atom. The van der Waals surface area contributed by atoms with Crippen LogP contribution in [0.5, 0.6) is 0 Å². The molecule has 3 aromatic heterocycles. The molecule has 1 saturated heterocycles. The summed E-state index contributed by atoms with van der Waals surface area (Å²) >= 11 is 0. The molecule has 7 heteroatoms. The summed E-state index contributed by atoms with van der Waals surface area (Å²) in [7, 11) is 0. The van der Waals surface area contributed by atoms with E-state index >= 15 is 0 Å². The van der Waals surface area contributed by atoms with Crippen LogP contribution in [0.2, 0.25) is 0 Å². The van der Waals surface area contributed by atoms with E-state index in [0.29, 0.717) is 18.7 Å². The molecule has 4 heterocycles. The standard InChI is InChI=1S/C26H29N5O2/c1-16(2)31-25-23(14-27-31)22(13-24(29-25)21-12-17(3)33-18(21)4)26(32)30-11-10-20(15-30)28-19-8-6-5-7-9-19/h5-9,12-14,16,20,28H,10-11,15H2,1-4H3. The van der Waals surface area contributed by atoms with E-state index in [-0.39, 0.29) is 18.0 Å². The first kappa shape index (κ1) is 21.2. The topological polar surface area (TPSA) is 76.2 Å². The Bertz CT molecular complexity index is 1310. The first-order valence-corrected chi connectivity index (χ1v) is 11.5. The Labute approximate surface area is 193 Å². The highest BCUT2D eigenvalue weighted by atomic mass is 16.3. The maximum atomic E-state index is 13.7. The van der Waals surface area contributed by atoms with Crippen molar-refractivity contribution in [2.45, 2.75) is 46.2 Å². The van der Waals surface area contributed by atoms with Gasteiger partial charge in [-0.1, -0.05) is 18.2 Å². The van der Waals surface area contributed by atoms with Crippen LogP contribution in [-0.2, 0) is 0 Å². The molecule has 1 N–H and O–H groups in total. The number of likely N-dealkylation sites (tertiary alicyclic amines) is 1. The van der Waals surface area contributed by atoms with E-state index in [4.69, 9.17) is 9.40 Å². The van der Waals surface area contributed by atoms with Crippen molar-refractivity contribution in [3.8, 4) is 11.3 Å². The number of nitrogens with zero attached hydrogens (tertiary/aromatic N) is 4. The third kappa shape index (κ3) is 3.99. The van der Waals surface area contributed by atoms with Crippen molar-refractivity contribution in [1.29, 1.82) is 0 Å². The second-order valence-corrected chi connectivity index (χ2v) is 9.05. The molecule has 0 bridgehead atoms. The number of carbonyl (C=O) groups excluding carboxylic acids is 1. The predicted octanol–water partition coefficient (Wildman–Crippen LogP) is 5.22. The van der Waals surface area contributed by atoms with Crippen LogP contribution in [-0.4, -0.2) is 44.7 Å². The van der Waals surface area contributed by atoms with Gasteiger partial charge in [-0.05, 0) is 58.4 Å². The van der Waals surface area contributed by atoms with Crippen molar-refractivity contribution in [1.82, 2.24) is 19.7 Å². The number of furan rings is 1. The largest absolute Gasteiger partial charge is 0.466 e. The number of amides is 1. The number of hydrogen-bond donors (Lipinski definition) is 1. The van der Waals surface area contributed by atoms with Crippen LogP contribution in [0.25, 0.3) is 22.3 Å². The summed E-state index contributed by atoms with van der Waals surface area (Å²) in [5.41, 5.74) is 4.09. The predicted molar refractivity (Wildman–Crippen MR) is 129 cm³/mol. The molecule has 0 radical (unpaired) electrons. The molecule has 1 amide bonds. The van der Waals surface area contributed by atoms with Gasteiger partial charge in [0, 0.05) is 36.4 Å². The van der Waals surface area contributed by atoms with E-state index in [9.17, 15) is 4.79 Å². The lowest BCUT2D eigenvalue weighted by Crippen LogP contribution is -2.31. The summed E-state index contributed by atoms with van der Waals surface area (Å²) in [6.07, 6.45) is 2.68. The number of aromatic nitrogens is 3. The zero-order valence-corrected chi connectivity index (χ0v) is 19.5. The van der Waals surface area contributed by atoms with Crippen molar-refractivity contribution in [2.24, 2.45) is 0 Å². The quantitative estimate of drug-likeness (QED) is 0.458. The van der Waals surface area contributed by atoms with Crippen LogP contribution in [0.15, 0.2) is 53.1 Å². The van der Waals surface area contributed by atoms with Crippen LogP contribution >= 0.6 is 0 Å². The van der Waals surface area contributed by atoms with Gasteiger partial charge in [0.15, 0.2) is 5.65 Å². The van der Waals surface area contributed by atoms with Gasteiger partial charge in [-0.25, -0.2) is 9.67 Å². The summed E-state index contributed by atoms with van der Waals surface area (Å²) in [5, 5.41) is 8.88. The average Bonchev–Trinajstić information content (AvgIpc) is 3.51. The van der Waals surface area contributed by atoms with Crippen LogP contribution in [0.1, 0.15) is 48.2 Å². The summed E-state index contributed by atoms with van der Waals surface area (Å²) < 4.78 is 7.62. The van der Waals surface area contributed by atoms with Crippen molar-refractivity contribution in [3.05, 3.63) is 65.7 Å². The molecule has 1 atom stereocenters. The second-order valence-electron chi connectivity index (χ2n) is 9.05. The van der Waals surface area contributed by atoms with Crippen LogP contribution in [0, 0.1) is 13.8 Å². The molecule has 7 nitrogen and oxygen atoms in total. The monoisotopic (exact) mass is 443 g/mol. The van der Waals surface area contributed by atoms with Crippen molar-refractivity contribution in [2.75, 3.05) is 18.4 Å². The van der Waals surface area contributed by atoms with Gasteiger partial charge in [-0.2, -0.15) is 5.10 Å². The molecule has 1 aromatic carbocycles.